The fourth-order valence-corrected chi connectivity index (χ4v) is 11.4. The molecule has 3 aromatic heterocycles. The third-order valence-corrected chi connectivity index (χ3v) is 16.0. The van der Waals surface area contributed by atoms with Crippen molar-refractivity contribution in [2.45, 2.75) is 99.8 Å². The second kappa shape index (κ2) is 23.5. The van der Waals surface area contributed by atoms with Crippen molar-refractivity contribution in [3.05, 3.63) is 140 Å². The summed E-state index contributed by atoms with van der Waals surface area (Å²) in [6.07, 6.45) is 1.80. The first-order valence-corrected chi connectivity index (χ1v) is 27.9. The van der Waals surface area contributed by atoms with Gasteiger partial charge in [-0.2, -0.15) is 15.3 Å². The largest absolute Gasteiger partial charge is 0.461 e. The molecule has 10 N–H and O–H groups in total. The lowest BCUT2D eigenvalue weighted by Crippen LogP contribution is -2.37. The van der Waals surface area contributed by atoms with E-state index in [1.807, 2.05) is 6.07 Å². The van der Waals surface area contributed by atoms with Crippen LogP contribution >= 0.6 is 0 Å². The number of likely N-dealkylation sites (tertiary alicyclic amines) is 3. The van der Waals surface area contributed by atoms with Gasteiger partial charge in [0.1, 0.15) is 0 Å². The standard InChI is InChI=1S/C22H23N3O5.2C20H20N4O4/c1-3-30-20(27)19-18-16(7-8-17(18)26)25(23-19)15-6-4-5-14(13-15)9-10-22(29)11-12-24(2)21(22)28;2*1-23-10-9-20(28,19(23)27)8-7-12-3-2-4-13(11-12)24-14-5-6-15(25)16(14)17(22-24)18(21)26/h4-6,13,17,26,29H,3,7-8,11-12H2,1-2H3;2*2-4,11,15,25,28H,5-6,9-10H2,1H3,(H2,21,26)/t17?,22-;15-,20+;15-,20-/m010/s1. The quantitative estimate of drug-likeness (QED) is 0.0808. The molecule has 12 rings (SSSR count). The highest BCUT2D eigenvalue weighted by molar-refractivity contribution is 5.94. The van der Waals surface area contributed by atoms with Crippen LogP contribution in [0.1, 0.15) is 146 Å². The highest BCUT2D eigenvalue weighted by atomic mass is 16.5. The van der Waals surface area contributed by atoms with Crippen LogP contribution in [0.3, 0.4) is 0 Å². The molecule has 0 saturated carbocycles. The van der Waals surface area contributed by atoms with Crippen molar-refractivity contribution >= 4 is 35.5 Å². The van der Waals surface area contributed by atoms with Crippen molar-refractivity contribution in [2.75, 3.05) is 47.4 Å². The maximum Gasteiger partial charge on any atom is 0.359 e. The van der Waals surface area contributed by atoms with Gasteiger partial charge in [-0.25, -0.2) is 18.8 Å². The number of benzene rings is 3. The van der Waals surface area contributed by atoms with E-state index in [1.54, 1.807) is 109 Å². The molecular weight excluding hydrogens is 1110 g/mol. The van der Waals surface area contributed by atoms with Crippen LogP contribution in [0.15, 0.2) is 72.8 Å². The molecular formula is C62H63N11O13. The Morgan fingerprint density at radius 3 is 1.12 bits per heavy atom. The highest BCUT2D eigenvalue weighted by Gasteiger charge is 2.45. The number of aromatic nitrogens is 6. The molecule has 6 heterocycles. The number of likely N-dealkylation sites (N-methyl/N-ethyl adjacent to an activating group) is 3. The smallest absolute Gasteiger partial charge is 0.359 e. The zero-order valence-corrected chi connectivity index (χ0v) is 47.6. The molecule has 6 aromatic rings. The average Bonchev–Trinajstić information content (AvgIpc) is 2.57. The number of aliphatic hydroxyl groups is 6. The zero-order valence-electron chi connectivity index (χ0n) is 47.6. The lowest BCUT2D eigenvalue weighted by molar-refractivity contribution is -0.138. The molecule has 24 nitrogen and oxygen atoms in total. The molecule has 6 aliphatic rings. The first-order valence-electron chi connectivity index (χ1n) is 27.9. The van der Waals surface area contributed by atoms with Gasteiger partial charge in [0.05, 0.1) is 59.1 Å². The van der Waals surface area contributed by atoms with E-state index in [0.717, 1.165) is 17.1 Å². The Hall–Kier alpha value is -9.45. The number of rotatable bonds is 7. The van der Waals surface area contributed by atoms with Gasteiger partial charge in [-0.1, -0.05) is 53.7 Å². The number of nitrogens with zero attached hydrogens (tertiary/aromatic N) is 9. The predicted molar refractivity (Wildman–Crippen MR) is 306 cm³/mol. The molecule has 3 aliphatic heterocycles. The van der Waals surface area contributed by atoms with Gasteiger partial charge in [-0.05, 0) is 100 Å². The van der Waals surface area contributed by atoms with E-state index in [9.17, 15) is 59.4 Å². The Labute approximate surface area is 493 Å². The average molecular weight is 1170 g/mol. The van der Waals surface area contributed by atoms with Gasteiger partial charge >= 0.3 is 5.97 Å². The van der Waals surface area contributed by atoms with Crippen LogP contribution < -0.4 is 11.5 Å². The van der Waals surface area contributed by atoms with E-state index in [-0.39, 0.29) is 43.0 Å². The Kier molecular flexibility index (Phi) is 16.3. The van der Waals surface area contributed by atoms with Crippen LogP contribution in [-0.2, 0) is 38.4 Å². The molecule has 3 fully saturated rings. The Balaban J connectivity index is 0.000000143. The summed E-state index contributed by atoms with van der Waals surface area (Å²) in [5.74, 6) is 13.6. The molecule has 0 bridgehead atoms. The maximum atomic E-state index is 12.3. The van der Waals surface area contributed by atoms with Crippen molar-refractivity contribution in [3.8, 4) is 52.6 Å². The maximum absolute atomic E-state index is 12.3. The Bertz CT molecular complexity index is 3810. The summed E-state index contributed by atoms with van der Waals surface area (Å²) in [4.78, 5) is 76.3. The number of amides is 5. The minimum atomic E-state index is -1.67. The van der Waals surface area contributed by atoms with Gasteiger partial charge in [0.2, 0.25) is 16.8 Å². The van der Waals surface area contributed by atoms with Crippen molar-refractivity contribution in [1.82, 2.24) is 44.0 Å². The van der Waals surface area contributed by atoms with Gasteiger partial charge in [0, 0.05) is 93.4 Å². The molecule has 1 unspecified atom stereocenters. The fourth-order valence-electron chi connectivity index (χ4n) is 11.4. The Morgan fingerprint density at radius 2 is 0.837 bits per heavy atom. The molecule has 0 radical (unpaired) electrons. The van der Waals surface area contributed by atoms with Gasteiger partial charge in [-0.15, -0.1) is 0 Å². The summed E-state index contributed by atoms with van der Waals surface area (Å²) in [6, 6.07) is 21.3. The van der Waals surface area contributed by atoms with Gasteiger partial charge in [0.15, 0.2) is 17.1 Å². The van der Waals surface area contributed by atoms with Crippen molar-refractivity contribution in [1.29, 1.82) is 0 Å². The topological polar surface area (TPSA) is 348 Å². The van der Waals surface area contributed by atoms with E-state index >= 15 is 0 Å². The molecule has 6 atom stereocenters. The van der Waals surface area contributed by atoms with E-state index < -0.39 is 70.6 Å². The van der Waals surface area contributed by atoms with Gasteiger partial charge in [-0.3, -0.25) is 24.0 Å². The van der Waals surface area contributed by atoms with Gasteiger partial charge < -0.3 is 61.5 Å². The summed E-state index contributed by atoms with van der Waals surface area (Å²) < 4.78 is 9.91. The van der Waals surface area contributed by atoms with E-state index in [2.05, 4.69) is 50.8 Å². The molecule has 3 saturated heterocycles. The first-order chi connectivity index (χ1) is 40.9. The fraction of sp³-hybridized carbons (Fsp3) is 0.371. The summed E-state index contributed by atoms with van der Waals surface area (Å²) in [6.45, 7) is 3.32. The summed E-state index contributed by atoms with van der Waals surface area (Å²) in [7, 11) is 4.90. The van der Waals surface area contributed by atoms with E-state index in [1.165, 1.54) is 14.7 Å². The highest BCUT2D eigenvalue weighted by Crippen LogP contribution is 2.38. The monoisotopic (exact) mass is 1170 g/mol. The van der Waals surface area contributed by atoms with E-state index in [0.29, 0.717) is 109 Å². The van der Waals surface area contributed by atoms with Crippen LogP contribution in [0.5, 0.6) is 0 Å². The molecule has 24 heteroatoms. The van der Waals surface area contributed by atoms with Crippen LogP contribution in [-0.4, -0.2) is 174 Å². The normalized spacial score (nSPS) is 23.2. The van der Waals surface area contributed by atoms with Crippen molar-refractivity contribution in [3.63, 3.8) is 0 Å². The summed E-state index contributed by atoms with van der Waals surface area (Å²) in [5, 5.41) is 75.0. The second-order valence-electron chi connectivity index (χ2n) is 21.9. The Morgan fingerprint density at radius 1 is 0.535 bits per heavy atom. The molecule has 5 amide bonds. The van der Waals surface area contributed by atoms with Gasteiger partial charge in [0.25, 0.3) is 29.5 Å². The van der Waals surface area contributed by atoms with Crippen LogP contribution in [0, 0.1) is 35.5 Å². The molecule has 3 aliphatic carbocycles. The lowest BCUT2D eigenvalue weighted by atomic mass is 10.0. The molecule has 444 valence electrons. The number of hydrogen-bond acceptors (Lipinski definition) is 16. The minimum absolute atomic E-state index is 0.0744. The SMILES string of the molecule is CCOC(=O)c1nn(-c2cccc(C#C[C@]3(O)CCN(C)C3=O)c2)c2c1C(O)CC2.CN1CC[C@@](O)(C#Cc2cccc(-n3nc(C(N)=O)c4c3CC[C@@H]4O)c2)C1=O.CN1CC[C@@](O)(C#Cc2cccc(-n3nc(C(N)=O)c4c3CC[C@H]4O)c2)C1=O. The lowest BCUT2D eigenvalue weighted by Gasteiger charge is -2.13. The number of esters is 1. The summed E-state index contributed by atoms with van der Waals surface area (Å²) in [5.41, 5.74) is 13.6. The second-order valence-corrected chi connectivity index (χ2v) is 21.9. The van der Waals surface area contributed by atoms with Crippen LogP contribution in [0.2, 0.25) is 0 Å². The number of ether oxygens (including phenoxy) is 1. The van der Waals surface area contributed by atoms with Crippen LogP contribution in [0.4, 0.5) is 0 Å². The number of nitrogens with two attached hydrogens (primary N) is 2. The van der Waals surface area contributed by atoms with Crippen LogP contribution in [0.25, 0.3) is 17.1 Å². The number of primary amides is 2. The molecule has 3 aromatic carbocycles. The number of fused-ring (bicyclic) bond motifs is 3. The predicted octanol–water partition coefficient (Wildman–Crippen LogP) is 0.764. The minimum Gasteiger partial charge on any atom is -0.461 e. The molecule has 0 spiro atoms. The number of aliphatic hydroxyl groups excluding tert-OH is 3. The number of carbonyl (C=O) groups excluding carboxylic acids is 6. The zero-order chi connectivity index (χ0) is 61.6. The third kappa shape index (κ3) is 11.3. The third-order valence-electron chi connectivity index (χ3n) is 16.0. The molecule has 86 heavy (non-hydrogen) atoms. The van der Waals surface area contributed by atoms with Crippen molar-refractivity contribution < 1.29 is 64.1 Å². The number of hydrogen-bond donors (Lipinski definition) is 8. The first kappa shape index (κ1) is 59.7. The van der Waals surface area contributed by atoms with E-state index in [4.69, 9.17) is 16.2 Å². The number of carbonyl (C=O) groups is 6. The summed E-state index contributed by atoms with van der Waals surface area (Å²) >= 11 is 0. The van der Waals surface area contributed by atoms with Crippen molar-refractivity contribution in [2.24, 2.45) is 11.5 Å².